The fourth-order valence-electron chi connectivity index (χ4n) is 7.53. The number of quaternary nitrogens is 2. The Hall–Kier alpha value is -5.14. The molecule has 2 aliphatic heterocycles. The number of likely N-dealkylation sites (N-methyl/N-ethyl adjacent to an activating group) is 4. The van der Waals surface area contributed by atoms with Crippen molar-refractivity contribution in [2.45, 2.75) is 119 Å². The van der Waals surface area contributed by atoms with Gasteiger partial charge in [-0.25, -0.2) is 8.97 Å². The summed E-state index contributed by atoms with van der Waals surface area (Å²) in [6.45, 7) is 24.9. The van der Waals surface area contributed by atoms with Crippen LogP contribution >= 0.6 is 0 Å². The van der Waals surface area contributed by atoms with Gasteiger partial charge in [-0.15, -0.1) is 39.9 Å². The van der Waals surface area contributed by atoms with E-state index in [2.05, 4.69) is 57.9 Å². The van der Waals surface area contributed by atoms with Crippen LogP contribution in [0.2, 0.25) is 0 Å². The average Bonchev–Trinajstić information content (AvgIpc) is 3.39. The molecule has 0 aliphatic carbocycles. The summed E-state index contributed by atoms with van der Waals surface area (Å²) >= 11 is 0. The maximum atomic E-state index is 5.80. The maximum Gasteiger partial charge on any atom is 0.338 e. The zero-order chi connectivity index (χ0) is 51.9. The molecule has 4 atom stereocenters. The molecule has 0 radical (unpaired) electrons. The van der Waals surface area contributed by atoms with Gasteiger partial charge in [-0.1, -0.05) is 55.4 Å². The van der Waals surface area contributed by atoms with E-state index >= 15 is 0 Å². The Morgan fingerprint density at radius 3 is 0.757 bits per heavy atom. The van der Waals surface area contributed by atoms with E-state index in [1.807, 2.05) is 55.4 Å². The Balaban J connectivity index is 0.000000380. The molecule has 4 unspecified atom stereocenters. The van der Waals surface area contributed by atoms with Crippen LogP contribution in [0.5, 0.6) is 48.1 Å². The third-order valence-corrected chi connectivity index (χ3v) is 11.6. The zero-order valence-electron chi connectivity index (χ0n) is 45.9. The van der Waals surface area contributed by atoms with Gasteiger partial charge in [0.25, 0.3) is 0 Å². The van der Waals surface area contributed by atoms with Crippen LogP contribution in [-0.4, -0.2) is 190 Å². The molecule has 0 saturated carbocycles. The molecule has 2 aliphatic rings. The van der Waals surface area contributed by atoms with Crippen LogP contribution in [0.25, 0.3) is 0 Å². The predicted octanol–water partition coefficient (Wildman–Crippen LogP) is -0.321. The summed E-state index contributed by atoms with van der Waals surface area (Å²) in [5.41, 5.74) is 0. The summed E-state index contributed by atoms with van der Waals surface area (Å²) < 4.78 is 47.1. The normalized spacial score (nSPS) is 19.7. The highest BCUT2D eigenvalue weighted by atomic mass is 35.5. The molecular formula is C48H82Cl2N16O8. The summed E-state index contributed by atoms with van der Waals surface area (Å²) in [5, 5.41) is 0. The van der Waals surface area contributed by atoms with E-state index < -0.39 is 0 Å². The fourth-order valence-corrected chi connectivity index (χ4v) is 7.53. The van der Waals surface area contributed by atoms with Gasteiger partial charge in [0, 0.05) is 13.1 Å². The van der Waals surface area contributed by atoms with E-state index in [0.29, 0.717) is 98.5 Å². The summed E-state index contributed by atoms with van der Waals surface area (Å²) in [6, 6.07) is 1.70. The Morgan fingerprint density at radius 1 is 0.351 bits per heavy atom. The van der Waals surface area contributed by atoms with Crippen LogP contribution < -0.4 is 71.7 Å². The lowest BCUT2D eigenvalue weighted by molar-refractivity contribution is -0.001000. The first-order valence-electron chi connectivity index (χ1n) is 26.0. The molecule has 24 nitrogen and oxygen atoms in total. The van der Waals surface area contributed by atoms with E-state index in [4.69, 9.17) is 77.8 Å². The number of halogens is 2. The topological polar surface area (TPSA) is 235 Å². The lowest BCUT2D eigenvalue weighted by Crippen LogP contribution is -3.00. The molecule has 6 rings (SSSR count). The van der Waals surface area contributed by atoms with E-state index in [1.54, 1.807) is 0 Å². The Kier molecular flexibility index (Phi) is 27.6. The second-order valence-electron chi connectivity index (χ2n) is 18.2. The minimum atomic E-state index is -0.208. The molecule has 416 valence electrons. The van der Waals surface area contributed by atoms with Gasteiger partial charge in [-0.2, -0.15) is 19.9 Å². The van der Waals surface area contributed by atoms with Crippen LogP contribution in [-0.2, 0) is 0 Å². The highest BCUT2D eigenvalue weighted by Gasteiger charge is 2.48. The third-order valence-electron chi connectivity index (χ3n) is 11.6. The van der Waals surface area contributed by atoms with Gasteiger partial charge in [0.2, 0.25) is 0 Å². The minimum absolute atomic E-state index is 0. The third kappa shape index (κ3) is 18.0. The SMILES string of the molecule is CCCOc1nc(OCCC)nc(C2CN(C)CC[N+]2(C)c2nc(OCCC)nc(OCCC)n2)n1.CCCOc1nc(OCCC)nc(C2CN(C)CC[N+]2(C)c2nc(OCCC)nc(OCCC)n2)n1.[Cl-].[Cl-]. The van der Waals surface area contributed by atoms with Crippen LogP contribution in [0.15, 0.2) is 0 Å². The molecule has 6 heterocycles. The predicted molar refractivity (Wildman–Crippen MR) is 271 cm³/mol. The number of hydrogen-bond donors (Lipinski definition) is 0. The number of rotatable bonds is 28. The highest BCUT2D eigenvalue weighted by molar-refractivity contribution is 5.34. The van der Waals surface area contributed by atoms with Crippen molar-refractivity contribution >= 4 is 11.9 Å². The highest BCUT2D eigenvalue weighted by Crippen LogP contribution is 2.37. The van der Waals surface area contributed by atoms with Crippen molar-refractivity contribution in [1.29, 1.82) is 0 Å². The molecule has 0 aromatic carbocycles. The summed E-state index contributed by atoms with van der Waals surface area (Å²) in [5.74, 6) is 2.24. The van der Waals surface area contributed by atoms with Gasteiger partial charge in [-0.3, -0.25) is 9.80 Å². The van der Waals surface area contributed by atoms with Crippen LogP contribution in [0.1, 0.15) is 130 Å². The average molecular weight is 1080 g/mol. The Bertz CT molecular complexity index is 1990. The van der Waals surface area contributed by atoms with Gasteiger partial charge in [0.15, 0.2) is 23.7 Å². The molecule has 74 heavy (non-hydrogen) atoms. The Labute approximate surface area is 450 Å². The second kappa shape index (κ2) is 32.3. The van der Waals surface area contributed by atoms with Crippen LogP contribution in [0, 0.1) is 0 Å². The maximum absolute atomic E-state index is 5.80. The van der Waals surface area contributed by atoms with Gasteiger partial charge in [0.05, 0.1) is 93.1 Å². The molecule has 2 fully saturated rings. The summed E-state index contributed by atoms with van der Waals surface area (Å²) in [7, 11) is 8.34. The first kappa shape index (κ1) is 63.2. The van der Waals surface area contributed by atoms with Crippen molar-refractivity contribution in [2.24, 2.45) is 0 Å². The summed E-state index contributed by atoms with van der Waals surface area (Å²) in [6.07, 6.45) is 6.76. The first-order valence-corrected chi connectivity index (χ1v) is 26.0. The number of hydrogen-bond acceptors (Lipinski definition) is 22. The van der Waals surface area contributed by atoms with Gasteiger partial charge >= 0.3 is 60.0 Å². The van der Waals surface area contributed by atoms with E-state index in [9.17, 15) is 0 Å². The number of aromatic nitrogens is 12. The number of nitrogens with zero attached hydrogens (tertiary/aromatic N) is 16. The van der Waals surface area contributed by atoms with E-state index in [0.717, 1.165) is 77.5 Å². The molecule has 0 bridgehead atoms. The Morgan fingerprint density at radius 2 is 0.554 bits per heavy atom. The van der Waals surface area contributed by atoms with Crippen molar-refractivity contribution in [1.82, 2.24) is 78.6 Å². The lowest BCUT2D eigenvalue weighted by atomic mass is 10.1. The molecule has 0 spiro atoms. The largest absolute Gasteiger partial charge is 1.00 e. The lowest BCUT2D eigenvalue weighted by Gasteiger charge is -2.44. The van der Waals surface area contributed by atoms with E-state index in [-0.39, 0.29) is 85.0 Å². The van der Waals surface area contributed by atoms with Crippen LogP contribution in [0.4, 0.5) is 11.9 Å². The van der Waals surface area contributed by atoms with Crippen molar-refractivity contribution in [2.75, 3.05) is 120 Å². The molecule has 0 amide bonds. The summed E-state index contributed by atoms with van der Waals surface area (Å²) in [4.78, 5) is 59.7. The fraction of sp³-hybridized carbons (Fsp3) is 0.750. The van der Waals surface area contributed by atoms with Crippen molar-refractivity contribution in [3.8, 4) is 48.1 Å². The molecule has 4 aromatic rings. The molecule has 2 saturated heterocycles. The standard InChI is InChI=1S/2C24H41N8O4.2ClH/c2*1-7-13-33-21-25-19(26-22(29-21)34-14-8-2)18-17-31(5)11-12-32(18,6)20-27-23(35-15-9-3)30-24(28-20)36-16-10-4;;/h2*18H,7-17H2,1-6H3;2*1H/q2*+1;;/p-2. The number of piperazine rings is 2. The van der Waals surface area contributed by atoms with Crippen molar-refractivity contribution in [3.05, 3.63) is 11.6 Å². The van der Waals surface area contributed by atoms with Crippen LogP contribution in [0.3, 0.4) is 0 Å². The zero-order valence-corrected chi connectivity index (χ0v) is 47.4. The van der Waals surface area contributed by atoms with Gasteiger partial charge < -0.3 is 62.7 Å². The smallest absolute Gasteiger partial charge is 0.338 e. The van der Waals surface area contributed by atoms with Crippen molar-refractivity contribution in [3.63, 3.8) is 0 Å². The monoisotopic (exact) mass is 1080 g/mol. The second-order valence-corrected chi connectivity index (χ2v) is 18.2. The number of ether oxygens (including phenoxy) is 8. The van der Waals surface area contributed by atoms with E-state index in [1.165, 1.54) is 0 Å². The van der Waals surface area contributed by atoms with Crippen molar-refractivity contribution < 1.29 is 62.7 Å². The quantitative estimate of drug-likeness (QED) is 0.0663. The first-order chi connectivity index (χ1) is 34.9. The molecular weight excluding hydrogens is 1000 g/mol. The molecule has 4 aromatic heterocycles. The molecule has 26 heteroatoms. The molecule has 0 N–H and O–H groups in total. The minimum Gasteiger partial charge on any atom is -1.00 e. The van der Waals surface area contributed by atoms with Gasteiger partial charge in [0.1, 0.15) is 0 Å². The van der Waals surface area contributed by atoms with Gasteiger partial charge in [-0.05, 0) is 65.5 Å².